The van der Waals surface area contributed by atoms with Crippen LogP contribution in [0, 0.1) is 0 Å². The van der Waals surface area contributed by atoms with Crippen molar-refractivity contribution in [3.63, 3.8) is 0 Å². The van der Waals surface area contributed by atoms with Gasteiger partial charge < -0.3 is 42.7 Å². The van der Waals surface area contributed by atoms with Crippen LogP contribution in [0.15, 0.2) is 63.8 Å². The molecular weight excluding hydrogens is 634 g/mol. The van der Waals surface area contributed by atoms with Gasteiger partial charge in [-0.15, -0.1) is 0 Å². The molecule has 0 fully saturated rings. The highest BCUT2D eigenvalue weighted by Gasteiger charge is 2.34. The van der Waals surface area contributed by atoms with Gasteiger partial charge in [0.05, 0.1) is 74.7 Å². The van der Waals surface area contributed by atoms with E-state index in [0.29, 0.717) is 58.8 Å². The fourth-order valence-corrected chi connectivity index (χ4v) is 6.34. The average molecular weight is 676 g/mol. The van der Waals surface area contributed by atoms with Crippen LogP contribution in [-0.4, -0.2) is 72.3 Å². The number of hydrogen-bond donors (Lipinski definition) is 1. The lowest BCUT2D eigenvalue weighted by Crippen LogP contribution is -2.36. The first-order chi connectivity index (χ1) is 23.7. The van der Waals surface area contributed by atoms with Crippen molar-refractivity contribution in [1.29, 1.82) is 0 Å². The Morgan fingerprint density at radius 3 is 2.04 bits per heavy atom. The first-order valence-corrected chi connectivity index (χ1v) is 15.5. The quantitative estimate of drug-likeness (QED) is 0.186. The standard InChI is InChI=1S/C37H41NO11/c1-42-24-10-8-21(9-11-24)27(19-33(40)47-6)36-35(41)28(39)17-25(49-36)20-38-13-12-22-14-29(43-2)30(44-3)18-26(22)34(38)23-15-31(45-4)37(48-7)32(16-23)46-5/h8-11,14-18,27,34,41H,12-13,19-20H2,1-7H3/t27-,34+/m1/s1. The molecule has 0 amide bonds. The maximum Gasteiger partial charge on any atom is 0.306 e. The van der Waals surface area contributed by atoms with Gasteiger partial charge >= 0.3 is 5.97 Å². The van der Waals surface area contributed by atoms with Crippen molar-refractivity contribution in [1.82, 2.24) is 4.90 Å². The third-order valence-electron chi connectivity index (χ3n) is 8.77. The maximum absolute atomic E-state index is 13.3. The second-order valence-electron chi connectivity index (χ2n) is 11.4. The summed E-state index contributed by atoms with van der Waals surface area (Å²) in [4.78, 5) is 28.0. The van der Waals surface area contributed by atoms with E-state index in [-0.39, 0.29) is 18.7 Å². The normalized spacial score (nSPS) is 14.7. The molecule has 1 aliphatic heterocycles. The Balaban J connectivity index is 1.64. The minimum absolute atomic E-state index is 0.0359. The summed E-state index contributed by atoms with van der Waals surface area (Å²) < 4.78 is 44.9. The lowest BCUT2D eigenvalue weighted by Gasteiger charge is -2.38. The number of esters is 1. The van der Waals surface area contributed by atoms with Gasteiger partial charge in [-0.05, 0) is 65.1 Å². The van der Waals surface area contributed by atoms with Gasteiger partial charge in [0.15, 0.2) is 28.8 Å². The molecule has 1 aromatic heterocycles. The Hall–Kier alpha value is -5.36. The predicted molar refractivity (Wildman–Crippen MR) is 180 cm³/mol. The van der Waals surface area contributed by atoms with Crippen molar-refractivity contribution >= 4 is 5.97 Å². The van der Waals surface area contributed by atoms with Gasteiger partial charge in [0.2, 0.25) is 16.9 Å². The average Bonchev–Trinajstić information content (AvgIpc) is 3.13. The number of benzene rings is 3. The van der Waals surface area contributed by atoms with Crippen LogP contribution in [0.1, 0.15) is 52.2 Å². The van der Waals surface area contributed by atoms with Crippen LogP contribution in [0.2, 0.25) is 0 Å². The molecule has 4 aromatic rings. The summed E-state index contributed by atoms with van der Waals surface area (Å²) in [5.41, 5.74) is 2.82. The zero-order valence-electron chi connectivity index (χ0n) is 28.7. The number of carbonyl (C=O) groups is 1. The second-order valence-corrected chi connectivity index (χ2v) is 11.4. The third kappa shape index (κ3) is 7.09. The molecule has 5 rings (SSSR count). The predicted octanol–water partition coefficient (Wildman–Crippen LogP) is 5.24. The highest BCUT2D eigenvalue weighted by Crippen LogP contribution is 2.46. The van der Waals surface area contributed by atoms with Crippen molar-refractivity contribution < 1.29 is 47.5 Å². The maximum atomic E-state index is 13.3. The van der Waals surface area contributed by atoms with Crippen molar-refractivity contribution in [2.24, 2.45) is 0 Å². The van der Waals surface area contributed by atoms with Crippen LogP contribution in [-0.2, 0) is 22.5 Å². The number of aromatic hydroxyl groups is 1. The van der Waals surface area contributed by atoms with Gasteiger partial charge in [-0.25, -0.2) is 0 Å². The number of rotatable bonds is 13. The van der Waals surface area contributed by atoms with E-state index in [2.05, 4.69) is 4.90 Å². The number of hydrogen-bond acceptors (Lipinski definition) is 12. The Labute approximate surface area is 284 Å². The largest absolute Gasteiger partial charge is 0.502 e. The minimum atomic E-state index is -0.810. The molecule has 3 aromatic carbocycles. The van der Waals surface area contributed by atoms with E-state index in [1.165, 1.54) is 13.2 Å². The Morgan fingerprint density at radius 2 is 1.47 bits per heavy atom. The van der Waals surface area contributed by atoms with E-state index in [9.17, 15) is 14.7 Å². The highest BCUT2D eigenvalue weighted by molar-refractivity contribution is 5.71. The summed E-state index contributed by atoms with van der Waals surface area (Å²) in [7, 11) is 10.7. The van der Waals surface area contributed by atoms with Gasteiger partial charge in [0, 0.05) is 12.6 Å². The molecule has 1 aliphatic rings. The zero-order valence-corrected chi connectivity index (χ0v) is 28.7. The number of ether oxygens (including phenoxy) is 7. The topological polar surface area (TPSA) is 135 Å². The molecule has 0 spiro atoms. The second kappa shape index (κ2) is 15.2. The molecule has 2 atom stereocenters. The fraction of sp³-hybridized carbons (Fsp3) is 0.351. The van der Waals surface area contributed by atoms with E-state index in [0.717, 1.165) is 16.7 Å². The smallest absolute Gasteiger partial charge is 0.306 e. The summed E-state index contributed by atoms with van der Waals surface area (Å²) in [6, 6.07) is 15.5. The lowest BCUT2D eigenvalue weighted by atomic mass is 9.87. The Morgan fingerprint density at radius 1 is 0.837 bits per heavy atom. The van der Waals surface area contributed by atoms with E-state index in [1.807, 2.05) is 24.3 Å². The van der Waals surface area contributed by atoms with Gasteiger partial charge in [-0.1, -0.05) is 12.1 Å². The zero-order chi connectivity index (χ0) is 35.2. The van der Waals surface area contributed by atoms with Crippen molar-refractivity contribution in [2.45, 2.75) is 31.3 Å². The van der Waals surface area contributed by atoms with Crippen LogP contribution in [0.25, 0.3) is 0 Å². The summed E-state index contributed by atoms with van der Waals surface area (Å²) in [5.74, 6) is 1.53. The summed E-state index contributed by atoms with van der Waals surface area (Å²) >= 11 is 0. The molecule has 12 nitrogen and oxygen atoms in total. The molecule has 0 unspecified atom stereocenters. The Kier molecular flexibility index (Phi) is 10.9. The highest BCUT2D eigenvalue weighted by atomic mass is 16.5. The molecule has 1 N–H and O–H groups in total. The molecule has 0 aliphatic carbocycles. The number of fused-ring (bicyclic) bond motifs is 1. The first kappa shape index (κ1) is 35.0. The molecule has 0 saturated heterocycles. The van der Waals surface area contributed by atoms with Gasteiger partial charge in [0.1, 0.15) is 11.5 Å². The van der Waals surface area contributed by atoms with E-state index < -0.39 is 29.1 Å². The first-order valence-electron chi connectivity index (χ1n) is 15.5. The van der Waals surface area contributed by atoms with Crippen LogP contribution in [0.3, 0.4) is 0 Å². The minimum Gasteiger partial charge on any atom is -0.502 e. The van der Waals surface area contributed by atoms with Crippen LogP contribution < -0.4 is 33.8 Å². The van der Waals surface area contributed by atoms with Gasteiger partial charge in [0.25, 0.3) is 0 Å². The lowest BCUT2D eigenvalue weighted by molar-refractivity contribution is -0.140. The number of nitrogens with zero attached hydrogens (tertiary/aromatic N) is 1. The fourth-order valence-electron chi connectivity index (χ4n) is 6.34. The number of carbonyl (C=O) groups excluding carboxylic acids is 1. The van der Waals surface area contributed by atoms with Crippen molar-refractivity contribution in [2.75, 3.05) is 56.3 Å². The molecule has 0 radical (unpaired) electrons. The van der Waals surface area contributed by atoms with Crippen LogP contribution in [0.4, 0.5) is 0 Å². The van der Waals surface area contributed by atoms with Gasteiger partial charge in [-0.2, -0.15) is 0 Å². The molecule has 260 valence electrons. The molecule has 49 heavy (non-hydrogen) atoms. The molecule has 0 saturated carbocycles. The monoisotopic (exact) mass is 675 g/mol. The van der Waals surface area contributed by atoms with E-state index >= 15 is 0 Å². The number of methoxy groups -OCH3 is 7. The van der Waals surface area contributed by atoms with Crippen molar-refractivity contribution in [3.05, 3.63) is 98.6 Å². The molecule has 0 bridgehead atoms. The van der Waals surface area contributed by atoms with E-state index in [1.54, 1.807) is 66.9 Å². The van der Waals surface area contributed by atoms with Gasteiger partial charge in [-0.3, -0.25) is 14.5 Å². The SMILES string of the molecule is COC(=O)C[C@H](c1ccc(OC)cc1)c1oc(CN2CCc3cc(OC)c(OC)cc3[C@@H]2c2cc(OC)c(OC)c(OC)c2)cc(=O)c1O. The van der Waals surface area contributed by atoms with Crippen molar-refractivity contribution in [3.8, 4) is 40.2 Å². The van der Waals surface area contributed by atoms with E-state index in [4.69, 9.17) is 37.6 Å². The molecule has 2 heterocycles. The van der Waals surface area contributed by atoms with Crippen LogP contribution in [0.5, 0.6) is 40.2 Å². The summed E-state index contributed by atoms with van der Waals surface area (Å²) in [6.07, 6.45) is 0.484. The molecule has 12 heteroatoms. The summed E-state index contributed by atoms with van der Waals surface area (Å²) in [6.45, 7) is 0.735. The molecular formula is C37H41NO11. The Bertz CT molecular complexity index is 1830. The van der Waals surface area contributed by atoms with Crippen LogP contribution >= 0.6 is 0 Å². The summed E-state index contributed by atoms with van der Waals surface area (Å²) in [5, 5.41) is 11.0. The third-order valence-corrected chi connectivity index (χ3v) is 8.77.